The molecule has 0 unspecified atom stereocenters. The zero-order valence-corrected chi connectivity index (χ0v) is 8.87. The topological polar surface area (TPSA) is 12.0 Å². The number of rotatable bonds is 4. The maximum atomic E-state index is 3.22. The minimum absolute atomic E-state index is 0.845. The lowest BCUT2D eigenvalue weighted by atomic mass is 9.70. The third-order valence-electron chi connectivity index (χ3n) is 3.31. The highest BCUT2D eigenvalue weighted by molar-refractivity contribution is 5.21. The molecule has 0 atom stereocenters. The van der Waals surface area contributed by atoms with Crippen LogP contribution in [-0.4, -0.2) is 13.6 Å². The molecular formula is C13H19N. The first kappa shape index (κ1) is 9.72. The van der Waals surface area contributed by atoms with Gasteiger partial charge in [0.05, 0.1) is 0 Å². The monoisotopic (exact) mass is 189 g/mol. The Morgan fingerprint density at radius 1 is 1.21 bits per heavy atom. The van der Waals surface area contributed by atoms with Crippen LogP contribution in [0.3, 0.4) is 0 Å². The standard InChI is InChI=1S/C13H19N/c1-14-8-7-11-9-13(10-11)12-5-3-2-4-6-12/h2-6,11,13-14H,7-10H2,1H3. The minimum atomic E-state index is 0.845. The van der Waals surface area contributed by atoms with Crippen molar-refractivity contribution in [3.63, 3.8) is 0 Å². The maximum Gasteiger partial charge on any atom is -0.00493 e. The summed E-state index contributed by atoms with van der Waals surface area (Å²) in [6, 6.07) is 10.9. The molecule has 1 aromatic carbocycles. The summed E-state index contributed by atoms with van der Waals surface area (Å²) in [5.41, 5.74) is 1.54. The third kappa shape index (κ3) is 2.16. The van der Waals surface area contributed by atoms with Gasteiger partial charge in [0.25, 0.3) is 0 Å². The van der Waals surface area contributed by atoms with Crippen molar-refractivity contribution in [2.75, 3.05) is 13.6 Å². The van der Waals surface area contributed by atoms with Crippen LogP contribution in [0.1, 0.15) is 30.7 Å². The fourth-order valence-electron chi connectivity index (χ4n) is 2.32. The zero-order valence-electron chi connectivity index (χ0n) is 8.87. The van der Waals surface area contributed by atoms with Gasteiger partial charge in [0.1, 0.15) is 0 Å². The number of hydrogen-bond acceptors (Lipinski definition) is 1. The molecule has 1 N–H and O–H groups in total. The van der Waals surface area contributed by atoms with Crippen LogP contribution in [-0.2, 0) is 0 Å². The molecule has 0 spiro atoms. The average Bonchev–Trinajstić information content (AvgIpc) is 2.17. The average molecular weight is 189 g/mol. The van der Waals surface area contributed by atoms with Gasteiger partial charge in [-0.25, -0.2) is 0 Å². The van der Waals surface area contributed by atoms with Crippen molar-refractivity contribution in [1.29, 1.82) is 0 Å². The Labute approximate surface area is 86.5 Å². The number of benzene rings is 1. The summed E-state index contributed by atoms with van der Waals surface area (Å²) in [4.78, 5) is 0. The van der Waals surface area contributed by atoms with Crippen molar-refractivity contribution >= 4 is 0 Å². The van der Waals surface area contributed by atoms with E-state index in [-0.39, 0.29) is 0 Å². The molecule has 0 amide bonds. The van der Waals surface area contributed by atoms with E-state index in [1.54, 1.807) is 0 Å². The Morgan fingerprint density at radius 3 is 2.57 bits per heavy atom. The lowest BCUT2D eigenvalue weighted by Crippen LogP contribution is -2.25. The summed E-state index contributed by atoms with van der Waals surface area (Å²) in [6.45, 7) is 1.17. The van der Waals surface area contributed by atoms with Gasteiger partial charge in [0.2, 0.25) is 0 Å². The molecule has 0 aliphatic heterocycles. The van der Waals surface area contributed by atoms with Crippen LogP contribution < -0.4 is 5.32 Å². The van der Waals surface area contributed by atoms with Crippen molar-refractivity contribution < 1.29 is 0 Å². The van der Waals surface area contributed by atoms with Gasteiger partial charge in [0, 0.05) is 0 Å². The van der Waals surface area contributed by atoms with E-state index in [4.69, 9.17) is 0 Å². The molecule has 0 aromatic heterocycles. The predicted molar refractivity (Wildman–Crippen MR) is 60.5 cm³/mol. The first-order chi connectivity index (χ1) is 6.90. The molecule has 1 nitrogen and oxygen atoms in total. The Kier molecular flexibility index (Phi) is 3.20. The van der Waals surface area contributed by atoms with E-state index in [1.807, 2.05) is 7.05 Å². The summed E-state index contributed by atoms with van der Waals surface area (Å²) < 4.78 is 0. The van der Waals surface area contributed by atoms with Gasteiger partial charge in [-0.05, 0) is 50.3 Å². The number of hydrogen-bond donors (Lipinski definition) is 1. The van der Waals surface area contributed by atoms with E-state index in [9.17, 15) is 0 Å². The van der Waals surface area contributed by atoms with Crippen molar-refractivity contribution in [1.82, 2.24) is 5.32 Å². The highest BCUT2D eigenvalue weighted by atomic mass is 14.8. The second-order valence-corrected chi connectivity index (χ2v) is 4.34. The summed E-state index contributed by atoms with van der Waals surface area (Å²) in [5.74, 6) is 1.81. The van der Waals surface area contributed by atoms with E-state index in [0.29, 0.717) is 0 Å². The summed E-state index contributed by atoms with van der Waals surface area (Å²) in [6.07, 6.45) is 4.14. The molecule has 1 aromatic rings. The van der Waals surface area contributed by atoms with Crippen molar-refractivity contribution in [3.8, 4) is 0 Å². The lowest BCUT2D eigenvalue weighted by Gasteiger charge is -2.35. The normalized spacial score (nSPS) is 25.8. The molecule has 0 radical (unpaired) electrons. The Hall–Kier alpha value is -0.820. The van der Waals surface area contributed by atoms with E-state index in [2.05, 4.69) is 35.6 Å². The molecule has 1 saturated carbocycles. The van der Waals surface area contributed by atoms with E-state index in [0.717, 1.165) is 11.8 Å². The van der Waals surface area contributed by atoms with E-state index >= 15 is 0 Å². The van der Waals surface area contributed by atoms with Gasteiger partial charge in [-0.3, -0.25) is 0 Å². The van der Waals surface area contributed by atoms with Gasteiger partial charge in [-0.1, -0.05) is 30.3 Å². The van der Waals surface area contributed by atoms with Gasteiger partial charge >= 0.3 is 0 Å². The molecule has 1 aliphatic carbocycles. The molecule has 0 bridgehead atoms. The molecule has 14 heavy (non-hydrogen) atoms. The molecule has 1 heteroatoms. The first-order valence-corrected chi connectivity index (χ1v) is 5.59. The van der Waals surface area contributed by atoms with Crippen LogP contribution in [0.25, 0.3) is 0 Å². The second-order valence-electron chi connectivity index (χ2n) is 4.34. The highest BCUT2D eigenvalue weighted by Crippen LogP contribution is 2.42. The van der Waals surface area contributed by atoms with Crippen LogP contribution in [0, 0.1) is 5.92 Å². The van der Waals surface area contributed by atoms with Crippen LogP contribution in [0.5, 0.6) is 0 Å². The quantitative estimate of drug-likeness (QED) is 0.768. The second kappa shape index (κ2) is 4.61. The fourth-order valence-corrected chi connectivity index (χ4v) is 2.32. The summed E-state index contributed by atoms with van der Waals surface area (Å²) in [7, 11) is 2.04. The van der Waals surface area contributed by atoms with Crippen molar-refractivity contribution in [2.24, 2.45) is 5.92 Å². The molecular weight excluding hydrogens is 170 g/mol. The Balaban J connectivity index is 1.78. The minimum Gasteiger partial charge on any atom is -0.320 e. The summed E-state index contributed by atoms with van der Waals surface area (Å²) in [5, 5.41) is 3.22. The fraction of sp³-hybridized carbons (Fsp3) is 0.538. The molecule has 1 aliphatic rings. The SMILES string of the molecule is CNCCC1CC(c2ccccc2)C1. The molecule has 0 saturated heterocycles. The predicted octanol–water partition coefficient (Wildman–Crippen LogP) is 2.79. The van der Waals surface area contributed by atoms with Crippen LogP contribution in [0.15, 0.2) is 30.3 Å². The van der Waals surface area contributed by atoms with Gasteiger partial charge < -0.3 is 5.32 Å². The van der Waals surface area contributed by atoms with E-state index in [1.165, 1.54) is 31.4 Å². The summed E-state index contributed by atoms with van der Waals surface area (Å²) >= 11 is 0. The maximum absolute atomic E-state index is 3.22. The van der Waals surface area contributed by atoms with E-state index < -0.39 is 0 Å². The first-order valence-electron chi connectivity index (χ1n) is 5.59. The molecule has 0 heterocycles. The highest BCUT2D eigenvalue weighted by Gasteiger charge is 2.29. The lowest BCUT2D eigenvalue weighted by molar-refractivity contribution is 0.247. The van der Waals surface area contributed by atoms with Gasteiger partial charge in [-0.2, -0.15) is 0 Å². The third-order valence-corrected chi connectivity index (χ3v) is 3.31. The molecule has 1 fully saturated rings. The Morgan fingerprint density at radius 2 is 1.93 bits per heavy atom. The van der Waals surface area contributed by atoms with Gasteiger partial charge in [0.15, 0.2) is 0 Å². The van der Waals surface area contributed by atoms with Crippen LogP contribution in [0.2, 0.25) is 0 Å². The van der Waals surface area contributed by atoms with Crippen molar-refractivity contribution in [2.45, 2.75) is 25.2 Å². The van der Waals surface area contributed by atoms with Gasteiger partial charge in [-0.15, -0.1) is 0 Å². The zero-order chi connectivity index (χ0) is 9.80. The molecule has 2 rings (SSSR count). The van der Waals surface area contributed by atoms with Crippen molar-refractivity contribution in [3.05, 3.63) is 35.9 Å². The van der Waals surface area contributed by atoms with Crippen LogP contribution in [0.4, 0.5) is 0 Å². The number of nitrogens with one attached hydrogen (secondary N) is 1. The molecule has 76 valence electrons. The smallest absolute Gasteiger partial charge is 0.00493 e. The largest absolute Gasteiger partial charge is 0.320 e. The Bertz CT molecular complexity index is 262. The van der Waals surface area contributed by atoms with Crippen LogP contribution >= 0.6 is 0 Å².